The summed E-state index contributed by atoms with van der Waals surface area (Å²) in [5.74, 6) is 1.38. The summed E-state index contributed by atoms with van der Waals surface area (Å²) in [6, 6.07) is 5.70. The Labute approximate surface area is 143 Å². The molecule has 0 saturated heterocycles. The van der Waals surface area contributed by atoms with E-state index in [0.717, 1.165) is 24.5 Å². The van der Waals surface area contributed by atoms with Gasteiger partial charge in [-0.15, -0.1) is 0 Å². The predicted molar refractivity (Wildman–Crippen MR) is 98.1 cm³/mol. The highest BCUT2D eigenvalue weighted by atomic mass is 16.1. The Kier molecular flexibility index (Phi) is 6.90. The second-order valence-corrected chi connectivity index (χ2v) is 5.87. The summed E-state index contributed by atoms with van der Waals surface area (Å²) in [7, 11) is 0. The predicted octanol–water partition coefficient (Wildman–Crippen LogP) is 4.18. The second kappa shape index (κ2) is 9.40. The third kappa shape index (κ3) is 6.16. The molecule has 24 heavy (non-hydrogen) atoms. The van der Waals surface area contributed by atoms with Gasteiger partial charge in [0, 0.05) is 25.1 Å². The molecule has 0 aliphatic carbocycles. The molecule has 0 aromatic carbocycles. The van der Waals surface area contributed by atoms with Gasteiger partial charge in [-0.1, -0.05) is 32.1 Å². The molecular weight excluding hydrogens is 298 g/mol. The number of imidazole rings is 1. The Morgan fingerprint density at radius 2 is 2.00 bits per heavy atom. The van der Waals surface area contributed by atoms with Gasteiger partial charge in [0.1, 0.15) is 5.82 Å². The summed E-state index contributed by atoms with van der Waals surface area (Å²) in [5.41, 5.74) is 0.859. The minimum Gasteiger partial charge on any atom is -0.331 e. The minimum atomic E-state index is -0.0703. The van der Waals surface area contributed by atoms with Crippen LogP contribution in [-0.2, 0) is 11.3 Å². The number of ketones is 1. The highest BCUT2D eigenvalue weighted by Crippen LogP contribution is 2.07. The molecule has 2 aromatic rings. The number of hydrogen-bond donors (Lipinski definition) is 0. The van der Waals surface area contributed by atoms with Crippen molar-refractivity contribution in [2.24, 2.45) is 5.92 Å². The monoisotopic (exact) mass is 321 g/mol. The third-order valence-electron chi connectivity index (χ3n) is 3.42. The average Bonchev–Trinajstić information content (AvgIpc) is 3.03. The first kappa shape index (κ1) is 17.6. The summed E-state index contributed by atoms with van der Waals surface area (Å²) in [5, 5.41) is 0. The van der Waals surface area contributed by atoms with Gasteiger partial charge in [0.15, 0.2) is 5.78 Å². The molecule has 2 rings (SSSR count). The van der Waals surface area contributed by atoms with Crippen LogP contribution in [0.1, 0.15) is 31.8 Å². The molecule has 0 fully saturated rings. The van der Waals surface area contributed by atoms with Crippen LogP contribution in [0, 0.1) is 5.92 Å². The second-order valence-electron chi connectivity index (χ2n) is 5.87. The van der Waals surface area contributed by atoms with Gasteiger partial charge < -0.3 is 4.57 Å². The first-order valence-electron chi connectivity index (χ1n) is 8.14. The lowest BCUT2D eigenvalue weighted by atomic mass is 10.1. The first-order chi connectivity index (χ1) is 11.6. The molecular formula is C20H23N3O. The van der Waals surface area contributed by atoms with Crippen LogP contribution < -0.4 is 0 Å². The van der Waals surface area contributed by atoms with Crippen LogP contribution in [0.4, 0.5) is 0 Å². The van der Waals surface area contributed by atoms with Crippen molar-refractivity contribution in [3.63, 3.8) is 0 Å². The number of aryl methyl sites for hydroxylation is 1. The Balaban J connectivity index is 1.88. The smallest absolute Gasteiger partial charge is 0.178 e. The number of rotatable bonds is 8. The lowest BCUT2D eigenvalue weighted by molar-refractivity contribution is -0.110. The molecule has 4 nitrogen and oxygen atoms in total. The molecule has 2 aromatic heterocycles. The van der Waals surface area contributed by atoms with Gasteiger partial charge in [0.2, 0.25) is 0 Å². The van der Waals surface area contributed by atoms with Crippen LogP contribution in [0.3, 0.4) is 0 Å². The Morgan fingerprint density at radius 3 is 2.75 bits per heavy atom. The van der Waals surface area contributed by atoms with Crippen LogP contribution in [-0.4, -0.2) is 20.3 Å². The highest BCUT2D eigenvalue weighted by molar-refractivity contribution is 6.01. The lowest BCUT2D eigenvalue weighted by Gasteiger charge is -2.07. The molecule has 4 heteroatoms. The molecule has 2 heterocycles. The zero-order valence-corrected chi connectivity index (χ0v) is 14.2. The molecule has 0 radical (unpaired) electrons. The zero-order chi connectivity index (χ0) is 17.2. The summed E-state index contributed by atoms with van der Waals surface area (Å²) in [6.07, 6.45) is 16.7. The standard InChI is InChI=1S/C20H23N3O/c1-17(2)12-15-23-16-14-22-20(23)11-10-19(24)9-4-3-7-18-8-5-6-13-21-18/h3-11,13-14,16-17H,12,15H2,1-2H3/b7-3+,9-4+,11-10+. The highest BCUT2D eigenvalue weighted by Gasteiger charge is 2.01. The van der Waals surface area contributed by atoms with E-state index in [0.29, 0.717) is 5.92 Å². The summed E-state index contributed by atoms with van der Waals surface area (Å²) < 4.78 is 2.06. The SMILES string of the molecule is CC(C)CCn1ccnc1/C=C/C(=O)/C=C/C=C/c1ccccn1. The maximum atomic E-state index is 11.9. The van der Waals surface area contributed by atoms with Crippen molar-refractivity contribution in [1.29, 1.82) is 0 Å². The fraction of sp³-hybridized carbons (Fsp3) is 0.250. The number of nitrogens with zero attached hydrogens (tertiary/aromatic N) is 3. The van der Waals surface area contributed by atoms with E-state index in [-0.39, 0.29) is 5.78 Å². The van der Waals surface area contributed by atoms with E-state index in [2.05, 4.69) is 28.4 Å². The largest absolute Gasteiger partial charge is 0.331 e. The number of hydrogen-bond acceptors (Lipinski definition) is 3. The number of allylic oxidation sites excluding steroid dienone is 4. The molecule has 0 bridgehead atoms. The molecule has 124 valence electrons. The molecule has 0 amide bonds. The van der Waals surface area contributed by atoms with Crippen molar-refractivity contribution < 1.29 is 4.79 Å². The third-order valence-corrected chi connectivity index (χ3v) is 3.42. The average molecular weight is 321 g/mol. The Bertz CT molecular complexity index is 724. The van der Waals surface area contributed by atoms with Crippen LogP contribution in [0.5, 0.6) is 0 Å². The lowest BCUT2D eigenvalue weighted by Crippen LogP contribution is -2.02. The van der Waals surface area contributed by atoms with Gasteiger partial charge in [-0.25, -0.2) is 4.98 Å². The van der Waals surface area contributed by atoms with Crippen LogP contribution in [0.25, 0.3) is 12.2 Å². The number of pyridine rings is 1. The molecule has 0 spiro atoms. The number of aromatic nitrogens is 3. The summed E-state index contributed by atoms with van der Waals surface area (Å²) in [6.45, 7) is 5.30. The van der Waals surface area contributed by atoms with Crippen molar-refractivity contribution in [3.8, 4) is 0 Å². The van der Waals surface area contributed by atoms with Crippen molar-refractivity contribution in [2.75, 3.05) is 0 Å². The van der Waals surface area contributed by atoms with Gasteiger partial charge in [0.05, 0.1) is 5.69 Å². The van der Waals surface area contributed by atoms with Crippen molar-refractivity contribution >= 4 is 17.9 Å². The van der Waals surface area contributed by atoms with Crippen molar-refractivity contribution in [3.05, 3.63) is 72.6 Å². The van der Waals surface area contributed by atoms with Gasteiger partial charge in [-0.3, -0.25) is 9.78 Å². The normalized spacial score (nSPS) is 12.1. The van der Waals surface area contributed by atoms with Crippen LogP contribution in [0.2, 0.25) is 0 Å². The molecule has 0 N–H and O–H groups in total. The van der Waals surface area contributed by atoms with E-state index in [9.17, 15) is 4.79 Å². The quantitative estimate of drug-likeness (QED) is 0.541. The molecule has 0 aliphatic rings. The fourth-order valence-electron chi connectivity index (χ4n) is 2.06. The maximum absolute atomic E-state index is 11.9. The molecule has 0 atom stereocenters. The van der Waals surface area contributed by atoms with E-state index in [1.165, 1.54) is 6.08 Å². The van der Waals surface area contributed by atoms with E-state index in [4.69, 9.17) is 0 Å². The van der Waals surface area contributed by atoms with Gasteiger partial charge in [-0.05, 0) is 48.8 Å². The molecule has 0 unspecified atom stereocenters. The molecule has 0 aliphatic heterocycles. The Morgan fingerprint density at radius 1 is 1.12 bits per heavy atom. The Hall–Kier alpha value is -2.75. The van der Waals surface area contributed by atoms with Gasteiger partial charge in [-0.2, -0.15) is 0 Å². The van der Waals surface area contributed by atoms with Crippen molar-refractivity contribution in [1.82, 2.24) is 14.5 Å². The summed E-state index contributed by atoms with van der Waals surface area (Å²) >= 11 is 0. The van der Waals surface area contributed by atoms with Crippen LogP contribution >= 0.6 is 0 Å². The van der Waals surface area contributed by atoms with E-state index in [1.807, 2.05) is 30.5 Å². The molecule has 0 saturated carbocycles. The van der Waals surface area contributed by atoms with E-state index in [1.54, 1.807) is 36.7 Å². The number of carbonyl (C=O) groups is 1. The fourth-order valence-corrected chi connectivity index (χ4v) is 2.06. The first-order valence-corrected chi connectivity index (χ1v) is 8.14. The van der Waals surface area contributed by atoms with Gasteiger partial charge in [0.25, 0.3) is 0 Å². The summed E-state index contributed by atoms with van der Waals surface area (Å²) in [4.78, 5) is 20.3. The topological polar surface area (TPSA) is 47.8 Å². The maximum Gasteiger partial charge on any atom is 0.178 e. The van der Waals surface area contributed by atoms with E-state index < -0.39 is 0 Å². The van der Waals surface area contributed by atoms with Crippen molar-refractivity contribution in [2.45, 2.75) is 26.8 Å². The number of carbonyl (C=O) groups excluding carboxylic acids is 1. The van der Waals surface area contributed by atoms with Crippen LogP contribution in [0.15, 0.2) is 61.1 Å². The zero-order valence-electron chi connectivity index (χ0n) is 14.2. The van der Waals surface area contributed by atoms with Gasteiger partial charge >= 0.3 is 0 Å². The van der Waals surface area contributed by atoms with E-state index >= 15 is 0 Å². The minimum absolute atomic E-state index is 0.0703.